The summed E-state index contributed by atoms with van der Waals surface area (Å²) in [5.41, 5.74) is 0. The number of nitrogens with zero attached hydrogens (tertiary/aromatic N) is 4. The van der Waals surface area contributed by atoms with E-state index in [4.69, 9.17) is 0 Å². The van der Waals surface area contributed by atoms with Crippen LogP contribution < -0.4 is 10.6 Å². The first-order valence-electron chi connectivity index (χ1n) is 9.82. The second-order valence-electron chi connectivity index (χ2n) is 7.75. The molecule has 9 heteroatoms. The van der Waals surface area contributed by atoms with Gasteiger partial charge in [-0.3, -0.25) is 0 Å². The first kappa shape index (κ1) is 19.9. The highest BCUT2D eigenvalue weighted by Gasteiger charge is 2.41. The van der Waals surface area contributed by atoms with E-state index in [1.54, 1.807) is 0 Å². The van der Waals surface area contributed by atoms with Gasteiger partial charge < -0.3 is 15.2 Å². The van der Waals surface area contributed by atoms with Crippen LogP contribution in [0.1, 0.15) is 63.0 Å². The van der Waals surface area contributed by atoms with Crippen molar-refractivity contribution < 1.29 is 13.2 Å². The Labute approximate surface area is 158 Å². The lowest BCUT2D eigenvalue weighted by Crippen LogP contribution is -2.48. The van der Waals surface area contributed by atoms with Crippen molar-refractivity contribution in [3.8, 4) is 0 Å². The summed E-state index contributed by atoms with van der Waals surface area (Å²) >= 11 is 0. The van der Waals surface area contributed by atoms with Crippen LogP contribution >= 0.6 is 0 Å². The molecule has 0 spiro atoms. The summed E-state index contributed by atoms with van der Waals surface area (Å²) in [6.07, 6.45) is 1.91. The van der Waals surface area contributed by atoms with Gasteiger partial charge in [0.25, 0.3) is 0 Å². The monoisotopic (exact) mass is 386 g/mol. The largest absolute Gasteiger partial charge is 0.391 e. The molecule has 1 aromatic rings. The molecule has 2 aliphatic rings. The van der Waals surface area contributed by atoms with Gasteiger partial charge in [-0.05, 0) is 45.4 Å². The molecule has 0 atom stereocenters. The molecule has 0 aliphatic heterocycles. The molecular weight excluding hydrogens is 357 g/mol. The molecule has 2 fully saturated rings. The number of hydrogen-bond donors (Lipinski definition) is 2. The van der Waals surface area contributed by atoms with Crippen molar-refractivity contribution >= 4 is 5.96 Å². The molecule has 6 nitrogen and oxygen atoms in total. The third-order valence-electron chi connectivity index (χ3n) is 5.79. The number of guanidine groups is 1. The van der Waals surface area contributed by atoms with Gasteiger partial charge in [-0.25, -0.2) is 4.99 Å². The van der Waals surface area contributed by atoms with Crippen LogP contribution in [0.25, 0.3) is 0 Å². The zero-order valence-corrected chi connectivity index (χ0v) is 16.0. The van der Waals surface area contributed by atoms with Gasteiger partial charge in [0.15, 0.2) is 11.8 Å². The maximum absolute atomic E-state index is 12.9. The third-order valence-corrected chi connectivity index (χ3v) is 5.79. The summed E-state index contributed by atoms with van der Waals surface area (Å²) in [5.74, 6) is 1.10. The highest BCUT2D eigenvalue weighted by Crippen LogP contribution is 2.37. The summed E-state index contributed by atoms with van der Waals surface area (Å²) in [6, 6.07) is 0.404. The maximum atomic E-state index is 12.9. The molecule has 27 heavy (non-hydrogen) atoms. The fraction of sp³-hybridized carbons (Fsp3) is 0.833. The van der Waals surface area contributed by atoms with E-state index in [1.165, 1.54) is 12.8 Å². The zero-order valence-electron chi connectivity index (χ0n) is 16.0. The number of halogens is 3. The minimum atomic E-state index is -4.08. The molecular formula is C18H29F3N6. The van der Waals surface area contributed by atoms with E-state index in [9.17, 15) is 13.2 Å². The lowest BCUT2D eigenvalue weighted by molar-refractivity contribution is -0.182. The van der Waals surface area contributed by atoms with Crippen molar-refractivity contribution in [2.24, 2.45) is 18.0 Å². The summed E-state index contributed by atoms with van der Waals surface area (Å²) in [4.78, 5) is 4.64. The number of alkyl halides is 3. The van der Waals surface area contributed by atoms with E-state index in [1.807, 2.05) is 18.5 Å². The molecule has 0 aromatic carbocycles. The minimum Gasteiger partial charge on any atom is -0.354 e. The Hall–Kier alpha value is -1.80. The third kappa shape index (κ3) is 5.35. The Bertz CT molecular complexity index is 640. The second kappa shape index (κ2) is 8.48. The average Bonchev–Trinajstić information content (AvgIpc) is 3.24. The van der Waals surface area contributed by atoms with Crippen LogP contribution in [0.2, 0.25) is 0 Å². The van der Waals surface area contributed by atoms with Crippen molar-refractivity contribution in [1.82, 2.24) is 25.4 Å². The fourth-order valence-electron chi connectivity index (χ4n) is 3.89. The second-order valence-corrected chi connectivity index (χ2v) is 7.75. The lowest BCUT2D eigenvalue weighted by Gasteiger charge is -2.31. The van der Waals surface area contributed by atoms with Crippen molar-refractivity contribution in [1.29, 1.82) is 0 Å². The lowest BCUT2D eigenvalue weighted by atomic mass is 9.85. The Balaban J connectivity index is 1.61. The van der Waals surface area contributed by atoms with Crippen molar-refractivity contribution in [2.45, 2.75) is 83.1 Å². The average molecular weight is 386 g/mol. The van der Waals surface area contributed by atoms with Crippen LogP contribution in [0.15, 0.2) is 4.99 Å². The molecule has 2 aliphatic carbocycles. The summed E-state index contributed by atoms with van der Waals surface area (Å²) in [5, 5.41) is 15.0. The van der Waals surface area contributed by atoms with E-state index < -0.39 is 12.1 Å². The molecule has 0 amide bonds. The van der Waals surface area contributed by atoms with Crippen LogP contribution in [-0.4, -0.2) is 39.0 Å². The standard InChI is InChI=1S/C18H29F3N6/c1-12-25-26-16(27(12)2)11-22-17(23-14-5-3-4-6-14)24-15-9-7-13(8-10-15)18(19,20)21/h13-15H,3-11H2,1-2H3,(H2,22,23,24). The summed E-state index contributed by atoms with van der Waals surface area (Å²) < 4.78 is 40.5. The number of aliphatic imine (C=N–C) groups is 1. The van der Waals surface area contributed by atoms with Crippen LogP contribution in [-0.2, 0) is 13.6 Å². The number of nitrogens with one attached hydrogen (secondary N) is 2. The predicted octanol–water partition coefficient (Wildman–Crippen LogP) is 3.22. The minimum absolute atomic E-state index is 0.0254. The van der Waals surface area contributed by atoms with E-state index in [-0.39, 0.29) is 18.9 Å². The van der Waals surface area contributed by atoms with Crippen LogP contribution in [0.5, 0.6) is 0 Å². The number of hydrogen-bond acceptors (Lipinski definition) is 3. The Morgan fingerprint density at radius 1 is 1.04 bits per heavy atom. The fourth-order valence-corrected chi connectivity index (χ4v) is 3.89. The molecule has 1 heterocycles. The topological polar surface area (TPSA) is 67.1 Å². The molecule has 0 radical (unpaired) electrons. The first-order valence-corrected chi connectivity index (χ1v) is 9.82. The van der Waals surface area contributed by atoms with Crippen LogP contribution in [0.3, 0.4) is 0 Å². The maximum Gasteiger partial charge on any atom is 0.391 e. The number of aryl methyl sites for hydroxylation is 1. The van der Waals surface area contributed by atoms with E-state index in [0.29, 0.717) is 31.4 Å². The van der Waals surface area contributed by atoms with Gasteiger partial charge in [0, 0.05) is 19.1 Å². The smallest absolute Gasteiger partial charge is 0.354 e. The van der Waals surface area contributed by atoms with Gasteiger partial charge in [-0.15, -0.1) is 10.2 Å². The first-order chi connectivity index (χ1) is 12.8. The van der Waals surface area contributed by atoms with Gasteiger partial charge >= 0.3 is 6.18 Å². The molecule has 1 aromatic heterocycles. The number of aromatic nitrogens is 3. The Morgan fingerprint density at radius 3 is 2.15 bits per heavy atom. The summed E-state index contributed by atoms with van der Waals surface area (Å²) in [6.45, 7) is 2.27. The zero-order chi connectivity index (χ0) is 19.4. The van der Waals surface area contributed by atoms with Gasteiger partial charge in [0.05, 0.1) is 5.92 Å². The van der Waals surface area contributed by atoms with E-state index >= 15 is 0 Å². The molecule has 2 saturated carbocycles. The normalized spacial score (nSPS) is 25.0. The Morgan fingerprint density at radius 2 is 1.63 bits per heavy atom. The van der Waals surface area contributed by atoms with Gasteiger partial charge in [-0.2, -0.15) is 13.2 Å². The molecule has 0 saturated heterocycles. The van der Waals surface area contributed by atoms with Crippen LogP contribution in [0, 0.1) is 12.8 Å². The molecule has 152 valence electrons. The summed E-state index contributed by atoms with van der Waals surface area (Å²) in [7, 11) is 1.90. The van der Waals surface area contributed by atoms with Crippen molar-refractivity contribution in [3.63, 3.8) is 0 Å². The predicted molar refractivity (Wildman–Crippen MR) is 97.2 cm³/mol. The molecule has 0 unspecified atom stereocenters. The van der Waals surface area contributed by atoms with Crippen LogP contribution in [0.4, 0.5) is 13.2 Å². The van der Waals surface area contributed by atoms with Crippen molar-refractivity contribution in [2.75, 3.05) is 0 Å². The Kier molecular flexibility index (Phi) is 6.26. The number of rotatable bonds is 4. The quantitative estimate of drug-likeness (QED) is 0.616. The highest BCUT2D eigenvalue weighted by molar-refractivity contribution is 5.80. The van der Waals surface area contributed by atoms with E-state index in [2.05, 4.69) is 25.8 Å². The van der Waals surface area contributed by atoms with E-state index in [0.717, 1.165) is 24.5 Å². The molecule has 0 bridgehead atoms. The van der Waals surface area contributed by atoms with Gasteiger partial charge in [0.2, 0.25) is 0 Å². The highest BCUT2D eigenvalue weighted by atomic mass is 19.4. The van der Waals surface area contributed by atoms with Gasteiger partial charge in [0.1, 0.15) is 12.4 Å². The molecule has 3 rings (SSSR count). The molecule has 2 N–H and O–H groups in total. The van der Waals surface area contributed by atoms with Gasteiger partial charge in [-0.1, -0.05) is 12.8 Å². The SMILES string of the molecule is Cc1nnc(CN=C(NC2CCCC2)NC2CCC(C(F)(F)F)CC2)n1C. The van der Waals surface area contributed by atoms with Crippen molar-refractivity contribution in [3.05, 3.63) is 11.6 Å².